The summed E-state index contributed by atoms with van der Waals surface area (Å²) in [5.41, 5.74) is 6.34. The maximum absolute atomic E-state index is 12.3. The zero-order chi connectivity index (χ0) is 14.5. The lowest BCUT2D eigenvalue weighted by Gasteiger charge is -2.17. The van der Waals surface area contributed by atoms with Gasteiger partial charge in [0.2, 0.25) is 10.0 Å². The first-order valence-electron chi connectivity index (χ1n) is 6.39. The number of benzene rings is 1. The van der Waals surface area contributed by atoms with E-state index in [0.717, 1.165) is 6.42 Å². The maximum atomic E-state index is 12.3. The van der Waals surface area contributed by atoms with Gasteiger partial charge in [-0.1, -0.05) is 6.92 Å². The number of nitrogens with two attached hydrogens (primary N) is 1. The Morgan fingerprint density at radius 2 is 2.00 bits per heavy atom. The molecule has 19 heavy (non-hydrogen) atoms. The van der Waals surface area contributed by atoms with Gasteiger partial charge in [-0.15, -0.1) is 0 Å². The number of hydrogen-bond donors (Lipinski definition) is 1. The van der Waals surface area contributed by atoms with Crippen molar-refractivity contribution in [3.8, 4) is 5.75 Å². The fourth-order valence-corrected chi connectivity index (χ4v) is 3.10. The molecular weight excluding hydrogens is 264 g/mol. The molecule has 6 heteroatoms. The first kappa shape index (κ1) is 15.9. The van der Waals surface area contributed by atoms with Crippen LogP contribution in [0.2, 0.25) is 0 Å². The molecule has 0 aliphatic rings. The van der Waals surface area contributed by atoms with E-state index in [0.29, 0.717) is 24.5 Å². The second-order valence-electron chi connectivity index (χ2n) is 4.23. The van der Waals surface area contributed by atoms with Crippen LogP contribution in [0.1, 0.15) is 25.8 Å². The van der Waals surface area contributed by atoms with Crippen LogP contribution >= 0.6 is 0 Å². The van der Waals surface area contributed by atoms with Gasteiger partial charge in [0.25, 0.3) is 0 Å². The highest BCUT2D eigenvalue weighted by atomic mass is 32.2. The zero-order valence-corrected chi connectivity index (χ0v) is 12.5. The molecule has 0 saturated carbocycles. The van der Waals surface area contributed by atoms with Crippen molar-refractivity contribution in [3.05, 3.63) is 23.8 Å². The third-order valence-electron chi connectivity index (χ3n) is 2.80. The number of ether oxygens (including phenoxy) is 1. The largest absolute Gasteiger partial charge is 0.494 e. The zero-order valence-electron chi connectivity index (χ0n) is 11.7. The smallest absolute Gasteiger partial charge is 0.242 e. The van der Waals surface area contributed by atoms with Crippen LogP contribution in [0.5, 0.6) is 5.75 Å². The van der Waals surface area contributed by atoms with Crippen molar-refractivity contribution in [2.45, 2.75) is 31.7 Å². The molecule has 1 aromatic carbocycles. The van der Waals surface area contributed by atoms with Gasteiger partial charge in [0.15, 0.2) is 0 Å². The van der Waals surface area contributed by atoms with Crippen LogP contribution in [0, 0.1) is 0 Å². The summed E-state index contributed by atoms with van der Waals surface area (Å²) in [5, 5.41) is 0. The van der Waals surface area contributed by atoms with Crippen LogP contribution in [0.15, 0.2) is 23.1 Å². The van der Waals surface area contributed by atoms with E-state index in [2.05, 4.69) is 0 Å². The van der Waals surface area contributed by atoms with E-state index in [1.807, 2.05) is 13.8 Å². The lowest BCUT2D eigenvalue weighted by Crippen LogP contribution is -2.27. The minimum absolute atomic E-state index is 0.246. The SMILES string of the molecule is CCCN(C)S(=O)(=O)c1ccc(OCC)c(CN)c1. The molecule has 0 unspecified atom stereocenters. The molecule has 0 aromatic heterocycles. The quantitative estimate of drug-likeness (QED) is 0.826. The minimum atomic E-state index is -3.44. The van der Waals surface area contributed by atoms with Gasteiger partial charge >= 0.3 is 0 Å². The summed E-state index contributed by atoms with van der Waals surface area (Å²) < 4.78 is 31.4. The molecule has 0 radical (unpaired) electrons. The lowest BCUT2D eigenvalue weighted by molar-refractivity contribution is 0.336. The van der Waals surface area contributed by atoms with Crippen LogP contribution in [-0.2, 0) is 16.6 Å². The highest BCUT2D eigenvalue weighted by Crippen LogP contribution is 2.24. The summed E-state index contributed by atoms with van der Waals surface area (Å²) >= 11 is 0. The Kier molecular flexibility index (Phi) is 5.78. The van der Waals surface area contributed by atoms with E-state index in [4.69, 9.17) is 10.5 Å². The fraction of sp³-hybridized carbons (Fsp3) is 0.538. The molecule has 0 fully saturated rings. The van der Waals surface area contributed by atoms with Crippen LogP contribution in [0.25, 0.3) is 0 Å². The predicted octanol–water partition coefficient (Wildman–Crippen LogP) is 1.57. The van der Waals surface area contributed by atoms with E-state index in [1.54, 1.807) is 25.2 Å². The molecule has 2 N–H and O–H groups in total. The summed E-state index contributed by atoms with van der Waals surface area (Å²) in [6, 6.07) is 4.82. The Balaban J connectivity index is 3.15. The van der Waals surface area contributed by atoms with Gasteiger partial charge < -0.3 is 10.5 Å². The first-order valence-corrected chi connectivity index (χ1v) is 7.83. The second-order valence-corrected chi connectivity index (χ2v) is 6.28. The van der Waals surface area contributed by atoms with E-state index in [9.17, 15) is 8.42 Å². The first-order chi connectivity index (χ1) is 8.97. The molecular formula is C13H22N2O3S. The molecule has 0 heterocycles. The summed E-state index contributed by atoms with van der Waals surface area (Å²) in [5.74, 6) is 0.641. The van der Waals surface area contributed by atoms with Crippen molar-refractivity contribution in [1.82, 2.24) is 4.31 Å². The molecule has 0 atom stereocenters. The number of hydrogen-bond acceptors (Lipinski definition) is 4. The summed E-state index contributed by atoms with van der Waals surface area (Å²) in [4.78, 5) is 0.257. The molecule has 1 aromatic rings. The highest BCUT2D eigenvalue weighted by Gasteiger charge is 2.21. The topological polar surface area (TPSA) is 72.6 Å². The van der Waals surface area contributed by atoms with Gasteiger partial charge in [-0.05, 0) is 31.5 Å². The van der Waals surface area contributed by atoms with Gasteiger partial charge in [0.05, 0.1) is 11.5 Å². The average molecular weight is 286 g/mol. The number of rotatable bonds is 7. The van der Waals surface area contributed by atoms with Crippen LogP contribution in [-0.4, -0.2) is 32.9 Å². The Hall–Kier alpha value is -1.11. The van der Waals surface area contributed by atoms with E-state index < -0.39 is 10.0 Å². The maximum Gasteiger partial charge on any atom is 0.242 e. The highest BCUT2D eigenvalue weighted by molar-refractivity contribution is 7.89. The van der Waals surface area contributed by atoms with Gasteiger partial charge in [-0.3, -0.25) is 0 Å². The van der Waals surface area contributed by atoms with Crippen molar-refractivity contribution in [3.63, 3.8) is 0 Å². The molecule has 0 saturated heterocycles. The Bertz CT molecular complexity index is 515. The Morgan fingerprint density at radius 1 is 1.32 bits per heavy atom. The number of nitrogens with zero attached hydrogens (tertiary/aromatic N) is 1. The van der Waals surface area contributed by atoms with Crippen LogP contribution in [0.3, 0.4) is 0 Å². The minimum Gasteiger partial charge on any atom is -0.494 e. The van der Waals surface area contributed by atoms with E-state index in [-0.39, 0.29) is 11.4 Å². The monoisotopic (exact) mass is 286 g/mol. The van der Waals surface area contributed by atoms with E-state index >= 15 is 0 Å². The van der Waals surface area contributed by atoms with Crippen LogP contribution in [0.4, 0.5) is 0 Å². The van der Waals surface area contributed by atoms with Crippen molar-refractivity contribution in [2.75, 3.05) is 20.2 Å². The Labute approximate surface area is 115 Å². The fourth-order valence-electron chi connectivity index (χ4n) is 1.79. The van der Waals surface area contributed by atoms with Crippen molar-refractivity contribution < 1.29 is 13.2 Å². The van der Waals surface area contributed by atoms with Crippen molar-refractivity contribution in [1.29, 1.82) is 0 Å². The third kappa shape index (κ3) is 3.68. The molecule has 1 rings (SSSR count). The summed E-state index contributed by atoms with van der Waals surface area (Å²) in [6.07, 6.45) is 0.774. The molecule has 108 valence electrons. The summed E-state index contributed by atoms with van der Waals surface area (Å²) in [7, 11) is -1.86. The van der Waals surface area contributed by atoms with Gasteiger partial charge in [-0.2, -0.15) is 0 Å². The van der Waals surface area contributed by atoms with Crippen molar-refractivity contribution in [2.24, 2.45) is 5.73 Å². The molecule has 0 aliphatic carbocycles. The van der Waals surface area contributed by atoms with Crippen molar-refractivity contribution >= 4 is 10.0 Å². The summed E-state index contributed by atoms with van der Waals surface area (Å²) in [6.45, 7) is 5.08. The van der Waals surface area contributed by atoms with Gasteiger partial charge in [0.1, 0.15) is 5.75 Å². The van der Waals surface area contributed by atoms with Crippen LogP contribution < -0.4 is 10.5 Å². The van der Waals surface area contributed by atoms with Gasteiger partial charge in [0, 0.05) is 25.7 Å². The molecule has 0 bridgehead atoms. The molecule has 0 amide bonds. The molecule has 5 nitrogen and oxygen atoms in total. The predicted molar refractivity (Wildman–Crippen MR) is 75.6 cm³/mol. The average Bonchev–Trinajstić information content (AvgIpc) is 2.39. The Morgan fingerprint density at radius 3 is 2.53 bits per heavy atom. The third-order valence-corrected chi connectivity index (χ3v) is 4.65. The number of sulfonamides is 1. The van der Waals surface area contributed by atoms with Gasteiger partial charge in [-0.25, -0.2) is 12.7 Å². The van der Waals surface area contributed by atoms with E-state index in [1.165, 1.54) is 4.31 Å². The lowest BCUT2D eigenvalue weighted by atomic mass is 10.2. The standard InChI is InChI=1S/C13H22N2O3S/c1-4-8-15(3)19(16,17)12-6-7-13(18-5-2)11(9-12)10-14/h6-7,9H,4-5,8,10,14H2,1-3H3. The molecule has 0 spiro atoms. The second kappa shape index (κ2) is 6.88. The molecule has 0 aliphatic heterocycles. The normalized spacial score (nSPS) is 11.8.